The maximum Gasteiger partial charge on any atom is 0.254 e. The number of hydrogen-bond acceptors (Lipinski definition) is 4. The third-order valence-electron chi connectivity index (χ3n) is 6.78. The van der Waals surface area contributed by atoms with Gasteiger partial charge in [-0.25, -0.2) is 0 Å². The number of rotatable bonds is 4. The van der Waals surface area contributed by atoms with Crippen molar-refractivity contribution in [1.82, 2.24) is 9.80 Å². The summed E-state index contributed by atoms with van der Waals surface area (Å²) in [6.45, 7) is 5.90. The van der Waals surface area contributed by atoms with Crippen LogP contribution in [0.1, 0.15) is 53.7 Å². The SMILES string of the molecule is COc1ccc([C@@H]2[C@H](C(=O)N3C[C@@H](C)C[C@H](C)C3)c3ccccc3C(=O)N2C)cc1OC. The predicted molar refractivity (Wildman–Crippen MR) is 123 cm³/mol. The van der Waals surface area contributed by atoms with Gasteiger partial charge in [0.2, 0.25) is 5.91 Å². The van der Waals surface area contributed by atoms with E-state index in [9.17, 15) is 9.59 Å². The quantitative estimate of drug-likeness (QED) is 0.724. The van der Waals surface area contributed by atoms with Gasteiger partial charge in [-0.2, -0.15) is 0 Å². The van der Waals surface area contributed by atoms with Crippen molar-refractivity contribution in [3.8, 4) is 11.5 Å². The van der Waals surface area contributed by atoms with E-state index in [0.717, 1.165) is 30.6 Å². The minimum atomic E-state index is -0.482. The Kier molecular flexibility index (Phi) is 6.13. The third-order valence-corrected chi connectivity index (χ3v) is 6.78. The molecule has 0 saturated carbocycles. The summed E-state index contributed by atoms with van der Waals surface area (Å²) < 4.78 is 10.9. The van der Waals surface area contributed by atoms with E-state index in [1.807, 2.05) is 47.4 Å². The zero-order chi connectivity index (χ0) is 23.0. The normalized spacial score (nSPS) is 25.3. The molecule has 2 heterocycles. The second-order valence-corrected chi connectivity index (χ2v) is 9.23. The molecular weight excluding hydrogens is 404 g/mol. The highest BCUT2D eigenvalue weighted by Gasteiger charge is 2.45. The van der Waals surface area contributed by atoms with Gasteiger partial charge in [0.1, 0.15) is 0 Å². The summed E-state index contributed by atoms with van der Waals surface area (Å²) in [6, 6.07) is 12.7. The third kappa shape index (κ3) is 3.83. The number of amides is 2. The van der Waals surface area contributed by atoms with Crippen LogP contribution in [0.3, 0.4) is 0 Å². The molecule has 32 heavy (non-hydrogen) atoms. The Morgan fingerprint density at radius 2 is 1.62 bits per heavy atom. The fraction of sp³-hybridized carbons (Fsp3) is 0.462. The van der Waals surface area contributed by atoms with Gasteiger partial charge in [-0.1, -0.05) is 38.1 Å². The summed E-state index contributed by atoms with van der Waals surface area (Å²) in [7, 11) is 4.96. The number of ether oxygens (including phenoxy) is 2. The summed E-state index contributed by atoms with van der Waals surface area (Å²) in [5.41, 5.74) is 2.25. The van der Waals surface area contributed by atoms with Crippen LogP contribution in [0.15, 0.2) is 42.5 Å². The highest BCUT2D eigenvalue weighted by Crippen LogP contribution is 2.45. The molecule has 0 N–H and O–H groups in total. The van der Waals surface area contributed by atoms with E-state index in [4.69, 9.17) is 9.47 Å². The molecule has 170 valence electrons. The van der Waals surface area contributed by atoms with Crippen LogP contribution >= 0.6 is 0 Å². The van der Waals surface area contributed by atoms with Gasteiger partial charge in [0.15, 0.2) is 11.5 Å². The van der Waals surface area contributed by atoms with E-state index in [-0.39, 0.29) is 11.8 Å². The van der Waals surface area contributed by atoms with E-state index in [1.54, 1.807) is 26.2 Å². The number of carbonyl (C=O) groups is 2. The molecule has 0 aromatic heterocycles. The molecule has 2 amide bonds. The van der Waals surface area contributed by atoms with Crippen molar-refractivity contribution in [2.45, 2.75) is 32.2 Å². The average molecular weight is 437 g/mol. The first-order valence-electron chi connectivity index (χ1n) is 11.2. The van der Waals surface area contributed by atoms with Crippen molar-refractivity contribution < 1.29 is 19.1 Å². The standard InChI is InChI=1S/C26H32N2O4/c1-16-12-17(2)15-28(14-16)26(30)23-19-8-6-7-9-20(19)25(29)27(3)24(23)18-10-11-21(31-4)22(13-18)32-5/h6-11,13,16-17,23-24H,12,14-15H2,1-5H3/t16-,17-,23+,24+/m0/s1. The van der Waals surface area contributed by atoms with E-state index in [1.165, 1.54) is 0 Å². The first-order valence-corrected chi connectivity index (χ1v) is 11.2. The van der Waals surface area contributed by atoms with Gasteiger partial charge in [0.05, 0.1) is 26.2 Å². The largest absolute Gasteiger partial charge is 0.493 e. The Morgan fingerprint density at radius 3 is 2.28 bits per heavy atom. The van der Waals surface area contributed by atoms with Crippen LogP contribution in [0.5, 0.6) is 11.5 Å². The summed E-state index contributed by atoms with van der Waals surface area (Å²) in [6.07, 6.45) is 1.13. The Morgan fingerprint density at radius 1 is 0.969 bits per heavy atom. The molecule has 0 unspecified atom stereocenters. The molecule has 0 aliphatic carbocycles. The van der Waals surface area contributed by atoms with E-state index in [0.29, 0.717) is 28.9 Å². The predicted octanol–water partition coefficient (Wildman–Crippen LogP) is 4.12. The van der Waals surface area contributed by atoms with Crippen molar-refractivity contribution in [3.05, 3.63) is 59.2 Å². The Bertz CT molecular complexity index is 1010. The molecule has 0 spiro atoms. The van der Waals surface area contributed by atoms with Gasteiger partial charge in [-0.05, 0) is 47.6 Å². The van der Waals surface area contributed by atoms with Crippen molar-refractivity contribution in [1.29, 1.82) is 0 Å². The van der Waals surface area contributed by atoms with Crippen molar-refractivity contribution in [3.63, 3.8) is 0 Å². The topological polar surface area (TPSA) is 59.1 Å². The summed E-state index contributed by atoms with van der Waals surface area (Å²) in [5, 5.41) is 0. The molecule has 1 saturated heterocycles. The smallest absolute Gasteiger partial charge is 0.254 e. The van der Waals surface area contributed by atoms with Crippen molar-refractivity contribution in [2.24, 2.45) is 11.8 Å². The Hall–Kier alpha value is -3.02. The number of methoxy groups -OCH3 is 2. The van der Waals surface area contributed by atoms with Crippen LogP contribution in [0, 0.1) is 11.8 Å². The zero-order valence-corrected chi connectivity index (χ0v) is 19.5. The second kappa shape index (κ2) is 8.85. The average Bonchev–Trinajstić information content (AvgIpc) is 2.79. The van der Waals surface area contributed by atoms with Crippen molar-refractivity contribution >= 4 is 11.8 Å². The lowest BCUT2D eigenvalue weighted by Crippen LogP contribution is -2.50. The van der Waals surface area contributed by atoms with Crippen LogP contribution in [-0.4, -0.2) is 56.0 Å². The van der Waals surface area contributed by atoms with Crippen LogP contribution in [-0.2, 0) is 4.79 Å². The minimum absolute atomic E-state index is 0.0787. The first-order chi connectivity index (χ1) is 15.3. The minimum Gasteiger partial charge on any atom is -0.493 e. The summed E-state index contributed by atoms with van der Waals surface area (Å²) >= 11 is 0. The van der Waals surface area contributed by atoms with E-state index < -0.39 is 12.0 Å². The van der Waals surface area contributed by atoms with Crippen LogP contribution in [0.2, 0.25) is 0 Å². The van der Waals surface area contributed by atoms with Gasteiger partial charge in [0.25, 0.3) is 5.91 Å². The highest BCUT2D eigenvalue weighted by atomic mass is 16.5. The highest BCUT2D eigenvalue weighted by molar-refractivity contribution is 6.01. The monoisotopic (exact) mass is 436 g/mol. The Balaban J connectivity index is 1.83. The maximum absolute atomic E-state index is 14.1. The molecule has 2 aromatic rings. The maximum atomic E-state index is 14.1. The van der Waals surface area contributed by atoms with Crippen LogP contribution < -0.4 is 9.47 Å². The van der Waals surface area contributed by atoms with E-state index in [2.05, 4.69) is 13.8 Å². The molecule has 2 aliphatic heterocycles. The number of likely N-dealkylation sites (N-methyl/N-ethyl adjacent to an activating group) is 1. The summed E-state index contributed by atoms with van der Waals surface area (Å²) in [5.74, 6) is 1.63. The number of fused-ring (bicyclic) bond motifs is 1. The molecule has 4 rings (SSSR count). The second-order valence-electron chi connectivity index (χ2n) is 9.23. The first kappa shape index (κ1) is 22.2. The summed E-state index contributed by atoms with van der Waals surface area (Å²) in [4.78, 5) is 31.0. The lowest BCUT2D eigenvalue weighted by atomic mass is 9.78. The van der Waals surface area contributed by atoms with Gasteiger partial charge in [0, 0.05) is 25.7 Å². The molecule has 4 atom stereocenters. The molecule has 1 fully saturated rings. The number of nitrogens with zero attached hydrogens (tertiary/aromatic N) is 2. The van der Waals surface area contributed by atoms with Crippen LogP contribution in [0.25, 0.3) is 0 Å². The van der Waals surface area contributed by atoms with Gasteiger partial charge in [-0.3, -0.25) is 9.59 Å². The van der Waals surface area contributed by atoms with Crippen LogP contribution in [0.4, 0.5) is 0 Å². The zero-order valence-electron chi connectivity index (χ0n) is 19.5. The molecule has 2 aliphatic rings. The van der Waals surface area contributed by atoms with E-state index >= 15 is 0 Å². The number of likely N-dealkylation sites (tertiary alicyclic amines) is 1. The fourth-order valence-electron chi connectivity index (χ4n) is 5.43. The number of benzene rings is 2. The number of carbonyl (C=O) groups excluding carboxylic acids is 2. The lowest BCUT2D eigenvalue weighted by molar-refractivity contribution is -0.137. The number of piperidine rings is 1. The van der Waals surface area contributed by atoms with Crippen molar-refractivity contribution in [2.75, 3.05) is 34.4 Å². The molecule has 0 radical (unpaired) electrons. The van der Waals surface area contributed by atoms with Gasteiger partial charge >= 0.3 is 0 Å². The molecule has 2 aromatic carbocycles. The molecule has 6 heteroatoms. The number of hydrogen-bond donors (Lipinski definition) is 0. The molecule has 6 nitrogen and oxygen atoms in total. The van der Waals surface area contributed by atoms with Gasteiger partial charge < -0.3 is 19.3 Å². The van der Waals surface area contributed by atoms with Gasteiger partial charge in [-0.15, -0.1) is 0 Å². The lowest BCUT2D eigenvalue weighted by Gasteiger charge is -2.43. The Labute approximate surface area is 190 Å². The molecular formula is C26H32N2O4. The molecule has 0 bridgehead atoms. The fourth-order valence-corrected chi connectivity index (χ4v) is 5.43.